The minimum absolute atomic E-state index is 0.0777. The molecule has 0 aliphatic carbocycles. The zero-order valence-electron chi connectivity index (χ0n) is 14.9. The summed E-state index contributed by atoms with van der Waals surface area (Å²) >= 11 is 0. The van der Waals surface area contributed by atoms with Crippen molar-refractivity contribution < 1.29 is 14.3 Å². The standard InChI is InChI=1S/C20H24N2O3/c1-13(2)16-6-4-5-14(3)20(16)22-19(23)12-21-15-7-8-17-18(11-15)25-10-9-24-17/h4-8,11,13,21H,9-10,12H2,1-3H3,(H,22,23). The molecular weight excluding hydrogens is 316 g/mol. The molecule has 0 bridgehead atoms. The molecule has 1 aliphatic rings. The number of hydrogen-bond donors (Lipinski definition) is 2. The van der Waals surface area contributed by atoms with E-state index in [0.29, 0.717) is 24.9 Å². The molecule has 0 saturated heterocycles. The van der Waals surface area contributed by atoms with Gasteiger partial charge < -0.3 is 20.1 Å². The largest absolute Gasteiger partial charge is 0.486 e. The average molecular weight is 340 g/mol. The maximum atomic E-state index is 12.4. The van der Waals surface area contributed by atoms with Gasteiger partial charge in [0, 0.05) is 17.4 Å². The van der Waals surface area contributed by atoms with Crippen LogP contribution in [0.25, 0.3) is 0 Å². The monoisotopic (exact) mass is 340 g/mol. The normalized spacial score (nSPS) is 12.8. The molecule has 2 aromatic rings. The summed E-state index contributed by atoms with van der Waals surface area (Å²) in [6.45, 7) is 7.55. The summed E-state index contributed by atoms with van der Waals surface area (Å²) < 4.78 is 11.1. The zero-order chi connectivity index (χ0) is 17.8. The molecule has 0 atom stereocenters. The second-order valence-electron chi connectivity index (χ2n) is 6.45. The maximum Gasteiger partial charge on any atom is 0.243 e. The Balaban J connectivity index is 1.64. The molecule has 3 rings (SSSR count). The third-order valence-electron chi connectivity index (χ3n) is 4.19. The fourth-order valence-corrected chi connectivity index (χ4v) is 2.86. The molecule has 1 aliphatic heterocycles. The van der Waals surface area contributed by atoms with Gasteiger partial charge in [0.05, 0.1) is 6.54 Å². The van der Waals surface area contributed by atoms with Crippen LogP contribution in [0.4, 0.5) is 11.4 Å². The van der Waals surface area contributed by atoms with Gasteiger partial charge in [-0.25, -0.2) is 0 Å². The van der Waals surface area contributed by atoms with Crippen molar-refractivity contribution in [3.63, 3.8) is 0 Å². The third kappa shape index (κ3) is 4.05. The van der Waals surface area contributed by atoms with Crippen molar-refractivity contribution in [2.75, 3.05) is 30.4 Å². The number of benzene rings is 2. The van der Waals surface area contributed by atoms with E-state index in [2.05, 4.69) is 30.5 Å². The number of amides is 1. The van der Waals surface area contributed by atoms with Gasteiger partial charge >= 0.3 is 0 Å². The maximum absolute atomic E-state index is 12.4. The van der Waals surface area contributed by atoms with E-state index in [9.17, 15) is 4.79 Å². The summed E-state index contributed by atoms with van der Waals surface area (Å²) in [5.74, 6) is 1.72. The summed E-state index contributed by atoms with van der Waals surface area (Å²) in [7, 11) is 0. The molecule has 1 amide bonds. The first-order valence-corrected chi connectivity index (χ1v) is 8.57. The molecule has 1 heterocycles. The second-order valence-corrected chi connectivity index (χ2v) is 6.45. The van der Waals surface area contributed by atoms with E-state index in [1.807, 2.05) is 37.3 Å². The van der Waals surface area contributed by atoms with Crippen LogP contribution in [-0.2, 0) is 4.79 Å². The van der Waals surface area contributed by atoms with E-state index >= 15 is 0 Å². The highest BCUT2D eigenvalue weighted by Gasteiger charge is 2.14. The average Bonchev–Trinajstić information content (AvgIpc) is 2.61. The quantitative estimate of drug-likeness (QED) is 0.865. The van der Waals surface area contributed by atoms with Crippen LogP contribution in [0.2, 0.25) is 0 Å². The van der Waals surface area contributed by atoms with E-state index in [4.69, 9.17) is 9.47 Å². The number of nitrogens with one attached hydrogen (secondary N) is 2. The van der Waals surface area contributed by atoms with Crippen molar-refractivity contribution in [1.29, 1.82) is 0 Å². The summed E-state index contributed by atoms with van der Waals surface area (Å²) in [5, 5.41) is 6.17. The fraction of sp³-hybridized carbons (Fsp3) is 0.350. The van der Waals surface area contributed by atoms with Gasteiger partial charge in [-0.2, -0.15) is 0 Å². The van der Waals surface area contributed by atoms with E-state index in [-0.39, 0.29) is 12.5 Å². The zero-order valence-corrected chi connectivity index (χ0v) is 14.9. The van der Waals surface area contributed by atoms with Crippen molar-refractivity contribution >= 4 is 17.3 Å². The molecule has 0 spiro atoms. The van der Waals surface area contributed by atoms with Gasteiger partial charge in [0.25, 0.3) is 0 Å². The van der Waals surface area contributed by atoms with Gasteiger partial charge in [-0.15, -0.1) is 0 Å². The van der Waals surface area contributed by atoms with E-state index in [1.54, 1.807) is 0 Å². The van der Waals surface area contributed by atoms with Crippen molar-refractivity contribution in [2.24, 2.45) is 0 Å². The minimum atomic E-state index is -0.0777. The number of fused-ring (bicyclic) bond motifs is 1. The Hall–Kier alpha value is -2.69. The number of anilines is 2. The molecule has 0 unspecified atom stereocenters. The van der Waals surface area contributed by atoms with Crippen LogP contribution in [-0.4, -0.2) is 25.7 Å². The summed E-state index contributed by atoms with van der Waals surface area (Å²) in [6.07, 6.45) is 0. The first-order valence-electron chi connectivity index (χ1n) is 8.57. The van der Waals surface area contributed by atoms with Crippen molar-refractivity contribution in [3.05, 3.63) is 47.5 Å². The summed E-state index contributed by atoms with van der Waals surface area (Å²) in [5.41, 5.74) is 3.95. The SMILES string of the molecule is Cc1cccc(C(C)C)c1NC(=O)CNc1ccc2c(c1)OCCO2. The lowest BCUT2D eigenvalue weighted by Crippen LogP contribution is -2.23. The van der Waals surface area contributed by atoms with Gasteiger partial charge in [-0.05, 0) is 36.1 Å². The Morgan fingerprint density at radius 3 is 2.64 bits per heavy atom. The Bertz CT molecular complexity index is 772. The van der Waals surface area contributed by atoms with Crippen LogP contribution in [0.1, 0.15) is 30.9 Å². The molecule has 25 heavy (non-hydrogen) atoms. The number of hydrogen-bond acceptors (Lipinski definition) is 4. The number of aryl methyl sites for hydroxylation is 1. The fourth-order valence-electron chi connectivity index (χ4n) is 2.86. The first-order chi connectivity index (χ1) is 12.0. The molecule has 132 valence electrons. The van der Waals surface area contributed by atoms with Gasteiger partial charge in [-0.3, -0.25) is 4.79 Å². The second kappa shape index (κ2) is 7.47. The number of para-hydroxylation sites is 1. The lowest BCUT2D eigenvalue weighted by Gasteiger charge is -2.19. The van der Waals surface area contributed by atoms with Gasteiger partial charge in [0.2, 0.25) is 5.91 Å². The summed E-state index contributed by atoms with van der Waals surface area (Å²) in [6, 6.07) is 11.7. The van der Waals surface area contributed by atoms with E-state index < -0.39 is 0 Å². The highest BCUT2D eigenvalue weighted by atomic mass is 16.6. The van der Waals surface area contributed by atoms with E-state index in [0.717, 1.165) is 28.3 Å². The van der Waals surface area contributed by atoms with Crippen LogP contribution < -0.4 is 20.1 Å². The third-order valence-corrected chi connectivity index (χ3v) is 4.19. The van der Waals surface area contributed by atoms with Crippen LogP contribution in [0.5, 0.6) is 11.5 Å². The molecule has 0 saturated carbocycles. The molecule has 5 heteroatoms. The minimum Gasteiger partial charge on any atom is -0.486 e. The topological polar surface area (TPSA) is 59.6 Å². The smallest absolute Gasteiger partial charge is 0.243 e. The van der Waals surface area contributed by atoms with Crippen LogP contribution in [0, 0.1) is 6.92 Å². The molecule has 2 aromatic carbocycles. The highest BCUT2D eigenvalue weighted by Crippen LogP contribution is 2.32. The van der Waals surface area contributed by atoms with Crippen LogP contribution in [0.3, 0.4) is 0 Å². The number of ether oxygens (including phenoxy) is 2. The Morgan fingerprint density at radius 2 is 1.88 bits per heavy atom. The first kappa shape index (κ1) is 17.1. The molecule has 0 fully saturated rings. The predicted octanol–water partition coefficient (Wildman–Crippen LogP) is 3.94. The summed E-state index contributed by atoms with van der Waals surface area (Å²) in [4.78, 5) is 12.4. The highest BCUT2D eigenvalue weighted by molar-refractivity contribution is 5.95. The molecule has 0 radical (unpaired) electrons. The van der Waals surface area contributed by atoms with Gasteiger partial charge in [-0.1, -0.05) is 32.0 Å². The predicted molar refractivity (Wildman–Crippen MR) is 99.8 cm³/mol. The van der Waals surface area contributed by atoms with Crippen molar-refractivity contribution in [1.82, 2.24) is 0 Å². The Labute approximate surface area is 148 Å². The lowest BCUT2D eigenvalue weighted by molar-refractivity contribution is -0.114. The van der Waals surface area contributed by atoms with Crippen molar-refractivity contribution in [2.45, 2.75) is 26.7 Å². The number of carbonyl (C=O) groups is 1. The van der Waals surface area contributed by atoms with Crippen LogP contribution >= 0.6 is 0 Å². The number of carbonyl (C=O) groups excluding carboxylic acids is 1. The molecule has 0 aromatic heterocycles. The Kier molecular flexibility index (Phi) is 5.12. The molecular formula is C20H24N2O3. The lowest BCUT2D eigenvalue weighted by atomic mass is 9.98. The Morgan fingerprint density at radius 1 is 1.12 bits per heavy atom. The van der Waals surface area contributed by atoms with Gasteiger partial charge in [0.1, 0.15) is 13.2 Å². The van der Waals surface area contributed by atoms with Gasteiger partial charge in [0.15, 0.2) is 11.5 Å². The van der Waals surface area contributed by atoms with Crippen molar-refractivity contribution in [3.8, 4) is 11.5 Å². The van der Waals surface area contributed by atoms with E-state index in [1.165, 1.54) is 0 Å². The number of rotatable bonds is 5. The molecule has 2 N–H and O–H groups in total. The molecule has 5 nitrogen and oxygen atoms in total. The van der Waals surface area contributed by atoms with Crippen LogP contribution in [0.15, 0.2) is 36.4 Å².